The number of hydrogen-bond donors (Lipinski definition) is 2. The summed E-state index contributed by atoms with van der Waals surface area (Å²) in [6.45, 7) is 1.89. The summed E-state index contributed by atoms with van der Waals surface area (Å²) >= 11 is 19.6. The maximum absolute atomic E-state index is 12.3. The maximum atomic E-state index is 12.3. The Hall–Kier alpha value is -1.68. The molecule has 0 aliphatic rings. The van der Waals surface area contributed by atoms with E-state index in [4.69, 9.17) is 39.8 Å². The first-order valence-corrected chi connectivity index (χ1v) is 9.89. The fraction of sp³-hybridized carbons (Fsp3) is 0.0556. The minimum Gasteiger partial charge on any atom is -0.451 e. The molecule has 3 aromatic rings. The van der Waals surface area contributed by atoms with Crippen molar-refractivity contribution in [3.63, 3.8) is 0 Å². The Morgan fingerprint density at radius 3 is 2.70 bits per heavy atom. The van der Waals surface area contributed by atoms with Gasteiger partial charge in [-0.1, -0.05) is 29.3 Å². The zero-order valence-corrected chi connectivity index (χ0v) is 18.3. The van der Waals surface area contributed by atoms with E-state index in [0.717, 1.165) is 9.26 Å². The minimum absolute atomic E-state index is 0.0944. The molecular weight excluding hydrogens is 520 g/mol. The standard InChI is InChI=1S/C18H12Cl2IN3O2S/c1-9-12(21)5-8-15(22-9)23-18(27)24-17(25)14-7-6-13(26-14)10-3-2-4-11(19)16(10)20/h2-8H,1H3,(H2,22,23,24,25,27). The van der Waals surface area contributed by atoms with Crippen LogP contribution in [0.3, 0.4) is 0 Å². The molecule has 138 valence electrons. The van der Waals surface area contributed by atoms with Crippen LogP contribution >= 0.6 is 58.0 Å². The van der Waals surface area contributed by atoms with Crippen LogP contribution in [0.4, 0.5) is 5.82 Å². The summed E-state index contributed by atoms with van der Waals surface area (Å²) in [5, 5.41) is 6.31. The first kappa shape index (κ1) is 20.1. The van der Waals surface area contributed by atoms with Gasteiger partial charge in [-0.3, -0.25) is 10.1 Å². The van der Waals surface area contributed by atoms with Gasteiger partial charge in [0.05, 0.1) is 15.7 Å². The lowest BCUT2D eigenvalue weighted by molar-refractivity contribution is 0.0951. The van der Waals surface area contributed by atoms with E-state index >= 15 is 0 Å². The maximum Gasteiger partial charge on any atom is 0.293 e. The third-order valence-electron chi connectivity index (χ3n) is 3.54. The number of halogens is 3. The topological polar surface area (TPSA) is 67.2 Å². The van der Waals surface area contributed by atoms with Crippen LogP contribution in [0.25, 0.3) is 11.3 Å². The van der Waals surface area contributed by atoms with Gasteiger partial charge in [0.2, 0.25) is 0 Å². The second-order valence-electron chi connectivity index (χ2n) is 5.44. The van der Waals surface area contributed by atoms with E-state index in [9.17, 15) is 4.79 Å². The number of anilines is 1. The molecule has 1 aromatic carbocycles. The Kier molecular flexibility index (Phi) is 6.36. The van der Waals surface area contributed by atoms with Gasteiger partial charge in [-0.25, -0.2) is 4.98 Å². The summed E-state index contributed by atoms with van der Waals surface area (Å²) < 4.78 is 6.63. The number of aryl methyl sites for hydroxylation is 1. The second kappa shape index (κ2) is 8.55. The lowest BCUT2D eigenvalue weighted by Crippen LogP contribution is -2.34. The molecule has 0 atom stereocenters. The molecule has 2 aromatic heterocycles. The number of furan rings is 1. The number of nitrogens with zero attached hydrogens (tertiary/aromatic N) is 1. The molecule has 9 heteroatoms. The first-order chi connectivity index (χ1) is 12.8. The van der Waals surface area contributed by atoms with Crippen LogP contribution < -0.4 is 10.6 Å². The largest absolute Gasteiger partial charge is 0.451 e. The zero-order chi connectivity index (χ0) is 19.6. The molecule has 3 rings (SSSR count). The van der Waals surface area contributed by atoms with E-state index in [1.165, 1.54) is 6.07 Å². The van der Waals surface area contributed by atoms with Crippen molar-refractivity contribution < 1.29 is 9.21 Å². The lowest BCUT2D eigenvalue weighted by Gasteiger charge is -2.09. The summed E-state index contributed by atoms with van der Waals surface area (Å²) in [6.07, 6.45) is 0. The predicted octanol–water partition coefficient (Wildman–Crippen LogP) is 5.69. The van der Waals surface area contributed by atoms with E-state index in [2.05, 4.69) is 38.2 Å². The number of benzene rings is 1. The summed E-state index contributed by atoms with van der Waals surface area (Å²) in [4.78, 5) is 16.7. The number of carbonyl (C=O) groups excluding carboxylic acids is 1. The molecule has 0 aliphatic heterocycles. The molecule has 0 radical (unpaired) electrons. The SMILES string of the molecule is Cc1nc(NC(=S)NC(=O)c2ccc(-c3cccc(Cl)c3Cl)o2)ccc1I. The molecule has 0 aliphatic carbocycles. The summed E-state index contributed by atoms with van der Waals surface area (Å²) in [7, 11) is 0. The highest BCUT2D eigenvalue weighted by Crippen LogP contribution is 2.34. The van der Waals surface area contributed by atoms with Crippen molar-refractivity contribution in [3.8, 4) is 11.3 Å². The van der Waals surface area contributed by atoms with Crippen LogP contribution in [0.5, 0.6) is 0 Å². The molecular formula is C18H12Cl2IN3O2S. The van der Waals surface area contributed by atoms with Crippen molar-refractivity contribution in [1.82, 2.24) is 10.3 Å². The number of thiocarbonyl (C=S) groups is 1. The average molecular weight is 532 g/mol. The van der Waals surface area contributed by atoms with Gasteiger partial charge in [-0.05, 0) is 78.1 Å². The number of carbonyl (C=O) groups is 1. The Balaban J connectivity index is 1.69. The fourth-order valence-corrected chi connectivity index (χ4v) is 3.12. The fourth-order valence-electron chi connectivity index (χ4n) is 2.22. The van der Waals surface area contributed by atoms with Crippen LogP contribution in [0.2, 0.25) is 10.0 Å². The van der Waals surface area contributed by atoms with Crippen molar-refractivity contribution in [1.29, 1.82) is 0 Å². The van der Waals surface area contributed by atoms with E-state index in [-0.39, 0.29) is 10.9 Å². The van der Waals surface area contributed by atoms with Crippen LogP contribution in [0.1, 0.15) is 16.2 Å². The minimum atomic E-state index is -0.487. The molecule has 0 bridgehead atoms. The van der Waals surface area contributed by atoms with Crippen molar-refractivity contribution in [2.24, 2.45) is 0 Å². The smallest absolute Gasteiger partial charge is 0.293 e. The van der Waals surface area contributed by atoms with Gasteiger partial charge in [0.15, 0.2) is 10.9 Å². The average Bonchev–Trinajstić information content (AvgIpc) is 3.10. The van der Waals surface area contributed by atoms with Crippen molar-refractivity contribution in [2.75, 3.05) is 5.32 Å². The highest BCUT2D eigenvalue weighted by Gasteiger charge is 2.16. The number of aromatic nitrogens is 1. The molecule has 27 heavy (non-hydrogen) atoms. The highest BCUT2D eigenvalue weighted by atomic mass is 127. The third kappa shape index (κ3) is 4.78. The van der Waals surface area contributed by atoms with Gasteiger partial charge >= 0.3 is 0 Å². The summed E-state index contributed by atoms with van der Waals surface area (Å²) in [5.41, 5.74) is 1.46. The van der Waals surface area contributed by atoms with Gasteiger partial charge < -0.3 is 9.73 Å². The van der Waals surface area contributed by atoms with E-state index in [1.807, 2.05) is 13.0 Å². The second-order valence-corrected chi connectivity index (χ2v) is 7.79. The monoisotopic (exact) mass is 531 g/mol. The van der Waals surface area contributed by atoms with Gasteiger partial charge in [0.25, 0.3) is 5.91 Å². The number of pyridine rings is 1. The Bertz CT molecular complexity index is 1040. The van der Waals surface area contributed by atoms with E-state index in [1.54, 1.807) is 30.3 Å². The quantitative estimate of drug-likeness (QED) is 0.336. The third-order valence-corrected chi connectivity index (χ3v) is 5.70. The van der Waals surface area contributed by atoms with Crippen molar-refractivity contribution >= 4 is 74.8 Å². The summed E-state index contributed by atoms with van der Waals surface area (Å²) in [5.74, 6) is 0.585. The normalized spacial score (nSPS) is 10.5. The number of hydrogen-bond acceptors (Lipinski definition) is 4. The molecule has 5 nitrogen and oxygen atoms in total. The molecule has 0 spiro atoms. The lowest BCUT2D eigenvalue weighted by atomic mass is 10.2. The molecule has 0 saturated carbocycles. The van der Waals surface area contributed by atoms with Crippen molar-refractivity contribution in [2.45, 2.75) is 6.92 Å². The van der Waals surface area contributed by atoms with Crippen LogP contribution in [0, 0.1) is 10.5 Å². The summed E-state index contributed by atoms with van der Waals surface area (Å²) in [6, 6.07) is 12.0. The predicted molar refractivity (Wildman–Crippen MR) is 120 cm³/mol. The molecule has 1 amide bonds. The molecule has 2 heterocycles. The van der Waals surface area contributed by atoms with E-state index in [0.29, 0.717) is 27.2 Å². The first-order valence-electron chi connectivity index (χ1n) is 7.65. The van der Waals surface area contributed by atoms with Gasteiger partial charge in [0.1, 0.15) is 11.6 Å². The Morgan fingerprint density at radius 2 is 1.96 bits per heavy atom. The van der Waals surface area contributed by atoms with Gasteiger partial charge in [-0.15, -0.1) is 0 Å². The Labute approximate surface area is 184 Å². The van der Waals surface area contributed by atoms with E-state index < -0.39 is 5.91 Å². The zero-order valence-electron chi connectivity index (χ0n) is 13.8. The van der Waals surface area contributed by atoms with Crippen LogP contribution in [0.15, 0.2) is 46.9 Å². The van der Waals surface area contributed by atoms with Crippen LogP contribution in [-0.2, 0) is 0 Å². The molecule has 0 saturated heterocycles. The highest BCUT2D eigenvalue weighted by molar-refractivity contribution is 14.1. The van der Waals surface area contributed by atoms with Gasteiger partial charge in [-0.2, -0.15) is 0 Å². The molecule has 0 unspecified atom stereocenters. The number of nitrogens with one attached hydrogen (secondary N) is 2. The number of amides is 1. The Morgan fingerprint density at radius 1 is 1.19 bits per heavy atom. The van der Waals surface area contributed by atoms with Crippen molar-refractivity contribution in [3.05, 3.63) is 67.5 Å². The van der Waals surface area contributed by atoms with Gasteiger partial charge in [0, 0.05) is 9.13 Å². The molecule has 2 N–H and O–H groups in total. The number of rotatable bonds is 3. The molecule has 0 fully saturated rings. The van der Waals surface area contributed by atoms with Crippen LogP contribution in [-0.4, -0.2) is 16.0 Å².